The van der Waals surface area contributed by atoms with E-state index in [9.17, 15) is 18.3 Å². The van der Waals surface area contributed by atoms with Crippen molar-refractivity contribution in [3.8, 4) is 0 Å². The van der Waals surface area contributed by atoms with Gasteiger partial charge in [-0.3, -0.25) is 4.79 Å². The lowest BCUT2D eigenvalue weighted by Gasteiger charge is -2.17. The standard InChI is InChI=1S/C11H20N2O4S/c14-10-8-18(16,17)7-9(10)12-4-3-11(15)13-5-1-2-6-13/h9-10,12,14H,1-8H2. The summed E-state index contributed by atoms with van der Waals surface area (Å²) in [5.41, 5.74) is 0. The van der Waals surface area contributed by atoms with Gasteiger partial charge in [0.05, 0.1) is 17.6 Å². The molecule has 2 atom stereocenters. The fraction of sp³-hybridized carbons (Fsp3) is 0.909. The monoisotopic (exact) mass is 276 g/mol. The highest BCUT2D eigenvalue weighted by Gasteiger charge is 2.35. The number of carbonyl (C=O) groups excluding carboxylic acids is 1. The Morgan fingerprint density at radius 3 is 2.50 bits per heavy atom. The minimum atomic E-state index is -3.12. The molecule has 0 spiro atoms. The van der Waals surface area contributed by atoms with Gasteiger partial charge in [-0.25, -0.2) is 8.42 Å². The van der Waals surface area contributed by atoms with Crippen LogP contribution < -0.4 is 5.32 Å². The van der Waals surface area contributed by atoms with E-state index >= 15 is 0 Å². The Morgan fingerprint density at radius 1 is 1.28 bits per heavy atom. The Morgan fingerprint density at radius 2 is 1.94 bits per heavy atom. The van der Waals surface area contributed by atoms with Crippen molar-refractivity contribution in [2.24, 2.45) is 0 Å². The Balaban J connectivity index is 1.71. The smallest absolute Gasteiger partial charge is 0.223 e. The van der Waals surface area contributed by atoms with E-state index in [0.29, 0.717) is 13.0 Å². The number of aliphatic hydroxyl groups excluding tert-OH is 1. The van der Waals surface area contributed by atoms with E-state index in [4.69, 9.17) is 0 Å². The number of nitrogens with zero attached hydrogens (tertiary/aromatic N) is 1. The third-order valence-electron chi connectivity index (χ3n) is 3.53. The van der Waals surface area contributed by atoms with Gasteiger partial charge in [0.25, 0.3) is 0 Å². The van der Waals surface area contributed by atoms with Crippen molar-refractivity contribution in [1.29, 1.82) is 0 Å². The Kier molecular flexibility index (Phi) is 4.24. The molecule has 0 aliphatic carbocycles. The van der Waals surface area contributed by atoms with Gasteiger partial charge in [-0.1, -0.05) is 0 Å². The number of sulfone groups is 1. The maximum absolute atomic E-state index is 11.7. The SMILES string of the molecule is O=C(CCNC1CS(=O)(=O)CC1O)N1CCCC1. The molecule has 0 aromatic carbocycles. The molecule has 2 unspecified atom stereocenters. The van der Waals surface area contributed by atoms with Crippen molar-refractivity contribution in [1.82, 2.24) is 10.2 Å². The highest BCUT2D eigenvalue weighted by Crippen LogP contribution is 2.13. The van der Waals surface area contributed by atoms with E-state index in [1.54, 1.807) is 0 Å². The van der Waals surface area contributed by atoms with Gasteiger partial charge in [0.1, 0.15) is 0 Å². The van der Waals surface area contributed by atoms with E-state index in [1.165, 1.54) is 0 Å². The van der Waals surface area contributed by atoms with Gasteiger partial charge in [-0.15, -0.1) is 0 Å². The molecule has 7 heteroatoms. The van der Waals surface area contributed by atoms with Gasteiger partial charge >= 0.3 is 0 Å². The van der Waals surface area contributed by atoms with Gasteiger partial charge in [0.15, 0.2) is 9.84 Å². The normalized spacial score (nSPS) is 30.8. The molecule has 0 saturated carbocycles. The van der Waals surface area contributed by atoms with Crippen LogP contribution in [-0.4, -0.2) is 67.6 Å². The Bertz CT molecular complexity index is 403. The third-order valence-corrected chi connectivity index (χ3v) is 5.24. The summed E-state index contributed by atoms with van der Waals surface area (Å²) >= 11 is 0. The van der Waals surface area contributed by atoms with E-state index in [-0.39, 0.29) is 17.4 Å². The molecule has 2 aliphatic heterocycles. The molecule has 0 radical (unpaired) electrons. The fourth-order valence-electron chi connectivity index (χ4n) is 2.51. The predicted molar refractivity (Wildman–Crippen MR) is 66.9 cm³/mol. The van der Waals surface area contributed by atoms with Crippen LogP contribution in [-0.2, 0) is 14.6 Å². The van der Waals surface area contributed by atoms with E-state index in [0.717, 1.165) is 25.9 Å². The van der Waals surface area contributed by atoms with Crippen LogP contribution in [0.4, 0.5) is 0 Å². The van der Waals surface area contributed by atoms with Crippen molar-refractivity contribution < 1.29 is 18.3 Å². The van der Waals surface area contributed by atoms with Crippen molar-refractivity contribution in [2.75, 3.05) is 31.1 Å². The molecule has 0 aromatic rings. The first-order valence-corrected chi connectivity index (χ1v) is 8.20. The number of nitrogens with one attached hydrogen (secondary N) is 1. The lowest BCUT2D eigenvalue weighted by atomic mass is 10.2. The number of carbonyl (C=O) groups is 1. The molecule has 2 aliphatic rings. The summed E-state index contributed by atoms with van der Waals surface area (Å²) in [5.74, 6) is -0.105. The molecule has 1 amide bonds. The summed E-state index contributed by atoms with van der Waals surface area (Å²) in [6.45, 7) is 2.09. The lowest BCUT2D eigenvalue weighted by Crippen LogP contribution is -2.41. The maximum atomic E-state index is 11.7. The van der Waals surface area contributed by atoms with Crippen molar-refractivity contribution in [3.63, 3.8) is 0 Å². The van der Waals surface area contributed by atoms with Crippen molar-refractivity contribution in [2.45, 2.75) is 31.4 Å². The zero-order valence-electron chi connectivity index (χ0n) is 10.3. The summed E-state index contributed by atoms with van der Waals surface area (Å²) in [7, 11) is -3.12. The van der Waals surface area contributed by atoms with E-state index in [1.807, 2.05) is 4.90 Å². The summed E-state index contributed by atoms with van der Waals surface area (Å²) in [6.07, 6.45) is 1.65. The molecule has 2 heterocycles. The maximum Gasteiger partial charge on any atom is 0.223 e. The molecule has 2 N–H and O–H groups in total. The molecule has 2 fully saturated rings. The molecule has 0 bridgehead atoms. The third kappa shape index (κ3) is 3.43. The van der Waals surface area contributed by atoms with Crippen LogP contribution >= 0.6 is 0 Å². The quantitative estimate of drug-likeness (QED) is 0.670. The van der Waals surface area contributed by atoms with Gasteiger partial charge in [-0.2, -0.15) is 0 Å². The largest absolute Gasteiger partial charge is 0.390 e. The van der Waals surface area contributed by atoms with Crippen LogP contribution in [0.25, 0.3) is 0 Å². The Labute approximate surface area is 107 Å². The average molecular weight is 276 g/mol. The van der Waals surface area contributed by atoms with Crippen LogP contribution in [0.5, 0.6) is 0 Å². The highest BCUT2D eigenvalue weighted by atomic mass is 32.2. The number of rotatable bonds is 4. The average Bonchev–Trinajstić information content (AvgIpc) is 2.86. The zero-order valence-corrected chi connectivity index (χ0v) is 11.2. The predicted octanol–water partition coefficient (Wildman–Crippen LogP) is -1.25. The minimum Gasteiger partial charge on any atom is -0.390 e. The summed E-state index contributed by atoms with van der Waals surface area (Å²) in [6, 6.07) is -0.429. The number of aliphatic hydroxyl groups is 1. The molecule has 6 nitrogen and oxygen atoms in total. The van der Waals surface area contributed by atoms with Crippen LogP contribution in [0.2, 0.25) is 0 Å². The van der Waals surface area contributed by atoms with Crippen LogP contribution in [0.1, 0.15) is 19.3 Å². The second-order valence-corrected chi connectivity index (χ2v) is 7.20. The molecular weight excluding hydrogens is 256 g/mol. The lowest BCUT2D eigenvalue weighted by molar-refractivity contribution is -0.130. The summed E-state index contributed by atoms with van der Waals surface area (Å²) < 4.78 is 22.6. The zero-order chi connectivity index (χ0) is 13.2. The first-order valence-electron chi connectivity index (χ1n) is 6.37. The van der Waals surface area contributed by atoms with Gasteiger partial charge in [-0.05, 0) is 12.8 Å². The first-order chi connectivity index (χ1) is 8.48. The molecule has 2 saturated heterocycles. The highest BCUT2D eigenvalue weighted by molar-refractivity contribution is 7.91. The van der Waals surface area contributed by atoms with E-state index < -0.39 is 22.0 Å². The van der Waals surface area contributed by atoms with Gasteiger partial charge < -0.3 is 15.3 Å². The van der Waals surface area contributed by atoms with Gasteiger partial charge in [0.2, 0.25) is 5.91 Å². The molecule has 2 rings (SSSR count). The van der Waals surface area contributed by atoms with Crippen molar-refractivity contribution >= 4 is 15.7 Å². The second-order valence-electron chi connectivity index (χ2n) is 5.04. The van der Waals surface area contributed by atoms with E-state index in [2.05, 4.69) is 5.32 Å². The van der Waals surface area contributed by atoms with Crippen LogP contribution in [0.15, 0.2) is 0 Å². The minimum absolute atomic E-state index is 0.0356. The van der Waals surface area contributed by atoms with Crippen molar-refractivity contribution in [3.05, 3.63) is 0 Å². The van der Waals surface area contributed by atoms with Crippen LogP contribution in [0, 0.1) is 0 Å². The summed E-state index contributed by atoms with van der Waals surface area (Å²) in [4.78, 5) is 13.6. The van der Waals surface area contributed by atoms with Crippen LogP contribution in [0.3, 0.4) is 0 Å². The molecule has 18 heavy (non-hydrogen) atoms. The number of hydrogen-bond acceptors (Lipinski definition) is 5. The second kappa shape index (κ2) is 5.54. The molecule has 104 valence electrons. The van der Waals surface area contributed by atoms with Gasteiger partial charge in [0, 0.05) is 32.1 Å². The number of likely N-dealkylation sites (tertiary alicyclic amines) is 1. The molecule has 0 aromatic heterocycles. The first kappa shape index (κ1) is 13.8. The number of amides is 1. The molecular formula is C11H20N2O4S. The fourth-order valence-corrected chi connectivity index (χ4v) is 4.29. The summed E-state index contributed by atoms with van der Waals surface area (Å²) in [5, 5.41) is 12.5. The topological polar surface area (TPSA) is 86.7 Å². The number of hydrogen-bond donors (Lipinski definition) is 2. The Hall–Kier alpha value is -0.660.